The standard InChI is InChI=1S/C21H14F6/c22-16-8-12(9-17(23)20(16)26)6-7-15(13-4-2-1-3-5-13)14-10-18(24)21(27)19(25)11-14/h1-5,8-11,15H,6-7H2. The molecule has 0 fully saturated rings. The van der Waals surface area contributed by atoms with Crippen LogP contribution in [0.25, 0.3) is 0 Å². The van der Waals surface area contributed by atoms with Gasteiger partial charge in [-0.05, 0) is 53.8 Å². The van der Waals surface area contributed by atoms with Crippen molar-refractivity contribution < 1.29 is 26.3 Å². The molecule has 140 valence electrons. The minimum absolute atomic E-state index is 0.119. The Morgan fingerprint density at radius 1 is 0.593 bits per heavy atom. The van der Waals surface area contributed by atoms with Gasteiger partial charge >= 0.3 is 0 Å². The Morgan fingerprint density at radius 2 is 1.07 bits per heavy atom. The zero-order valence-corrected chi connectivity index (χ0v) is 14.0. The minimum atomic E-state index is -1.56. The van der Waals surface area contributed by atoms with Crippen molar-refractivity contribution in [3.8, 4) is 0 Å². The maximum Gasteiger partial charge on any atom is 0.194 e. The Morgan fingerprint density at radius 3 is 1.59 bits per heavy atom. The van der Waals surface area contributed by atoms with E-state index in [0.717, 1.165) is 24.3 Å². The van der Waals surface area contributed by atoms with Gasteiger partial charge in [-0.3, -0.25) is 0 Å². The van der Waals surface area contributed by atoms with Crippen LogP contribution in [0.15, 0.2) is 54.6 Å². The Balaban J connectivity index is 1.94. The molecule has 0 nitrogen and oxygen atoms in total. The van der Waals surface area contributed by atoms with E-state index in [1.807, 2.05) is 0 Å². The lowest BCUT2D eigenvalue weighted by Gasteiger charge is -2.19. The number of benzene rings is 3. The van der Waals surface area contributed by atoms with Gasteiger partial charge in [-0.2, -0.15) is 0 Å². The van der Waals surface area contributed by atoms with E-state index in [1.165, 1.54) is 0 Å². The van der Waals surface area contributed by atoms with Crippen LogP contribution in [-0.4, -0.2) is 0 Å². The Labute approximate surface area is 152 Å². The Kier molecular flexibility index (Phi) is 5.54. The van der Waals surface area contributed by atoms with Crippen LogP contribution in [-0.2, 0) is 6.42 Å². The fourth-order valence-corrected chi connectivity index (χ4v) is 3.05. The first kappa shape index (κ1) is 19.0. The summed E-state index contributed by atoms with van der Waals surface area (Å²) in [6.45, 7) is 0. The van der Waals surface area contributed by atoms with Gasteiger partial charge in [0.1, 0.15) is 0 Å². The second-order valence-corrected chi connectivity index (χ2v) is 6.17. The summed E-state index contributed by atoms with van der Waals surface area (Å²) in [7, 11) is 0. The molecular weight excluding hydrogens is 366 g/mol. The molecule has 0 saturated heterocycles. The third-order valence-electron chi connectivity index (χ3n) is 4.38. The van der Waals surface area contributed by atoms with Crippen LogP contribution in [0.3, 0.4) is 0 Å². The molecule has 0 spiro atoms. The molecule has 3 aromatic carbocycles. The molecule has 0 aromatic heterocycles. The van der Waals surface area contributed by atoms with Crippen LogP contribution >= 0.6 is 0 Å². The van der Waals surface area contributed by atoms with E-state index in [0.29, 0.717) is 5.56 Å². The maximum atomic E-state index is 13.7. The van der Waals surface area contributed by atoms with Gasteiger partial charge in [-0.25, -0.2) is 26.3 Å². The fraction of sp³-hybridized carbons (Fsp3) is 0.143. The van der Waals surface area contributed by atoms with E-state index >= 15 is 0 Å². The number of rotatable bonds is 5. The summed E-state index contributed by atoms with van der Waals surface area (Å²) in [6, 6.07) is 12.3. The molecule has 0 amide bonds. The van der Waals surface area contributed by atoms with E-state index in [9.17, 15) is 26.3 Å². The molecule has 27 heavy (non-hydrogen) atoms. The van der Waals surface area contributed by atoms with E-state index < -0.39 is 40.8 Å². The lowest BCUT2D eigenvalue weighted by molar-refractivity contribution is 0.443. The van der Waals surface area contributed by atoms with E-state index in [4.69, 9.17) is 0 Å². The molecule has 0 heterocycles. The summed E-state index contributed by atoms with van der Waals surface area (Å²) in [5.74, 6) is -8.91. The first-order valence-electron chi connectivity index (χ1n) is 8.19. The third kappa shape index (κ3) is 4.15. The van der Waals surface area contributed by atoms with Crippen molar-refractivity contribution in [1.82, 2.24) is 0 Å². The largest absolute Gasteiger partial charge is 0.204 e. The molecule has 0 saturated carbocycles. The smallest absolute Gasteiger partial charge is 0.194 e. The van der Waals surface area contributed by atoms with Gasteiger partial charge in [0, 0.05) is 5.92 Å². The van der Waals surface area contributed by atoms with Gasteiger partial charge < -0.3 is 0 Å². The SMILES string of the molecule is Fc1cc(CCC(c2ccccc2)c2cc(F)c(F)c(F)c2)cc(F)c1F. The van der Waals surface area contributed by atoms with Crippen LogP contribution < -0.4 is 0 Å². The van der Waals surface area contributed by atoms with Gasteiger partial charge in [-0.15, -0.1) is 0 Å². The van der Waals surface area contributed by atoms with Crippen LogP contribution in [0.5, 0.6) is 0 Å². The van der Waals surface area contributed by atoms with Gasteiger partial charge in [0.15, 0.2) is 34.9 Å². The van der Waals surface area contributed by atoms with Gasteiger partial charge in [0.25, 0.3) is 0 Å². The zero-order chi connectivity index (χ0) is 19.6. The van der Waals surface area contributed by atoms with Crippen molar-refractivity contribution >= 4 is 0 Å². The normalized spacial score (nSPS) is 12.2. The molecule has 0 aliphatic heterocycles. The molecular formula is C21H14F6. The Hall–Kier alpha value is -2.76. The van der Waals surface area contributed by atoms with Crippen LogP contribution in [0.1, 0.15) is 29.0 Å². The van der Waals surface area contributed by atoms with Crippen molar-refractivity contribution in [1.29, 1.82) is 0 Å². The summed E-state index contributed by atoms with van der Waals surface area (Å²) < 4.78 is 80.5. The van der Waals surface area contributed by atoms with Crippen molar-refractivity contribution in [2.45, 2.75) is 18.8 Å². The van der Waals surface area contributed by atoms with Crippen molar-refractivity contribution in [3.05, 3.63) is 106 Å². The molecule has 0 radical (unpaired) electrons. The highest BCUT2D eigenvalue weighted by Gasteiger charge is 2.20. The fourth-order valence-electron chi connectivity index (χ4n) is 3.05. The first-order chi connectivity index (χ1) is 12.9. The molecule has 1 atom stereocenters. The summed E-state index contributed by atoms with van der Waals surface area (Å²) in [5, 5.41) is 0. The second kappa shape index (κ2) is 7.86. The number of hydrogen-bond acceptors (Lipinski definition) is 0. The van der Waals surface area contributed by atoms with E-state index in [1.54, 1.807) is 30.3 Å². The summed E-state index contributed by atoms with van der Waals surface area (Å²) in [5.41, 5.74) is 1.10. The van der Waals surface area contributed by atoms with E-state index in [-0.39, 0.29) is 24.0 Å². The second-order valence-electron chi connectivity index (χ2n) is 6.17. The summed E-state index contributed by atoms with van der Waals surface area (Å²) in [6.07, 6.45) is 0.341. The van der Waals surface area contributed by atoms with E-state index in [2.05, 4.69) is 0 Å². The highest BCUT2D eigenvalue weighted by molar-refractivity contribution is 5.34. The lowest BCUT2D eigenvalue weighted by atomic mass is 9.86. The lowest BCUT2D eigenvalue weighted by Crippen LogP contribution is -2.06. The molecule has 3 aromatic rings. The quantitative estimate of drug-likeness (QED) is 0.361. The van der Waals surface area contributed by atoms with Crippen molar-refractivity contribution in [3.63, 3.8) is 0 Å². The molecule has 1 unspecified atom stereocenters. The van der Waals surface area contributed by atoms with Crippen molar-refractivity contribution in [2.24, 2.45) is 0 Å². The zero-order valence-electron chi connectivity index (χ0n) is 14.0. The highest BCUT2D eigenvalue weighted by Crippen LogP contribution is 2.31. The van der Waals surface area contributed by atoms with Gasteiger partial charge in [0.2, 0.25) is 0 Å². The average Bonchev–Trinajstić information content (AvgIpc) is 2.65. The molecule has 0 aliphatic carbocycles. The number of halogens is 6. The highest BCUT2D eigenvalue weighted by atomic mass is 19.2. The van der Waals surface area contributed by atoms with Gasteiger partial charge in [-0.1, -0.05) is 30.3 Å². The average molecular weight is 380 g/mol. The molecule has 3 rings (SSSR count). The van der Waals surface area contributed by atoms with Crippen LogP contribution in [0, 0.1) is 34.9 Å². The summed E-state index contributed by atoms with van der Waals surface area (Å²) in [4.78, 5) is 0. The molecule has 0 aliphatic rings. The molecule has 0 N–H and O–H groups in total. The first-order valence-corrected chi connectivity index (χ1v) is 8.19. The van der Waals surface area contributed by atoms with Gasteiger partial charge in [0.05, 0.1) is 0 Å². The van der Waals surface area contributed by atoms with Crippen LogP contribution in [0.4, 0.5) is 26.3 Å². The molecule has 0 bridgehead atoms. The predicted octanol–water partition coefficient (Wildman–Crippen LogP) is 6.29. The minimum Gasteiger partial charge on any atom is -0.204 e. The monoisotopic (exact) mass is 380 g/mol. The number of hydrogen-bond donors (Lipinski definition) is 0. The predicted molar refractivity (Wildman–Crippen MR) is 89.2 cm³/mol. The third-order valence-corrected chi connectivity index (χ3v) is 4.38. The molecule has 6 heteroatoms. The maximum absolute atomic E-state index is 13.7. The Bertz CT molecular complexity index is 906. The summed E-state index contributed by atoms with van der Waals surface area (Å²) >= 11 is 0. The number of aryl methyl sites for hydroxylation is 1. The van der Waals surface area contributed by atoms with Crippen LogP contribution in [0.2, 0.25) is 0 Å². The topological polar surface area (TPSA) is 0 Å². The van der Waals surface area contributed by atoms with Crippen molar-refractivity contribution in [2.75, 3.05) is 0 Å².